The lowest BCUT2D eigenvalue weighted by atomic mass is 10.0. The lowest BCUT2D eigenvalue weighted by molar-refractivity contribution is -0.148. The van der Waals surface area contributed by atoms with Crippen molar-refractivity contribution in [1.29, 1.82) is 0 Å². The fourth-order valence-electron chi connectivity index (χ4n) is 2.39. The molecule has 1 aliphatic heterocycles. The fourth-order valence-corrected chi connectivity index (χ4v) is 3.47. The van der Waals surface area contributed by atoms with Gasteiger partial charge < -0.3 is 10.2 Å². The normalized spacial score (nSPS) is 23.1. The Labute approximate surface area is 128 Å². The van der Waals surface area contributed by atoms with E-state index in [9.17, 15) is 9.59 Å². The molecular formula is C14H19ClN2O2S. The van der Waals surface area contributed by atoms with Crippen molar-refractivity contribution in [1.82, 2.24) is 10.2 Å². The molecule has 2 rings (SSSR count). The minimum atomic E-state index is -0.397. The number of thiophene rings is 1. The van der Waals surface area contributed by atoms with Crippen LogP contribution in [0, 0.1) is 0 Å². The van der Waals surface area contributed by atoms with E-state index in [1.807, 2.05) is 19.1 Å². The van der Waals surface area contributed by atoms with Gasteiger partial charge in [-0.1, -0.05) is 24.9 Å². The molecule has 2 atom stereocenters. The van der Waals surface area contributed by atoms with Gasteiger partial charge in [0.15, 0.2) is 0 Å². The molecular weight excluding hydrogens is 296 g/mol. The maximum absolute atomic E-state index is 12.4. The molecule has 0 bridgehead atoms. The first kappa shape index (κ1) is 15.3. The van der Waals surface area contributed by atoms with E-state index in [1.54, 1.807) is 11.8 Å². The number of amides is 2. The summed E-state index contributed by atoms with van der Waals surface area (Å²) in [6.07, 6.45) is 2.30. The summed E-state index contributed by atoms with van der Waals surface area (Å²) < 4.78 is 0.750. The van der Waals surface area contributed by atoms with Crippen LogP contribution in [0.5, 0.6) is 0 Å². The number of nitrogens with one attached hydrogen (secondary N) is 1. The van der Waals surface area contributed by atoms with Crippen LogP contribution in [0.2, 0.25) is 4.34 Å². The standard InChI is InChI=1S/C14H19ClN2O2S/c1-3-4-11-14(19)17(9(2)13(18)16-11)8-7-10-5-6-12(15)20-10/h5-6,9,11H,3-4,7-8H2,1-2H3,(H,16,18). The first-order chi connectivity index (χ1) is 9.52. The van der Waals surface area contributed by atoms with E-state index in [2.05, 4.69) is 5.32 Å². The Bertz CT molecular complexity index is 503. The van der Waals surface area contributed by atoms with Crippen molar-refractivity contribution in [2.75, 3.05) is 6.54 Å². The molecule has 1 saturated heterocycles. The Hall–Kier alpha value is -1.07. The molecule has 0 radical (unpaired) electrons. The lowest BCUT2D eigenvalue weighted by Gasteiger charge is -2.37. The van der Waals surface area contributed by atoms with Crippen molar-refractivity contribution in [3.8, 4) is 0 Å². The molecule has 0 saturated carbocycles. The molecule has 2 unspecified atom stereocenters. The highest BCUT2D eigenvalue weighted by Gasteiger charge is 2.37. The van der Waals surface area contributed by atoms with Gasteiger partial charge in [-0.3, -0.25) is 9.59 Å². The smallest absolute Gasteiger partial charge is 0.245 e. The molecule has 1 fully saturated rings. The summed E-state index contributed by atoms with van der Waals surface area (Å²) in [5.41, 5.74) is 0. The van der Waals surface area contributed by atoms with Gasteiger partial charge >= 0.3 is 0 Å². The van der Waals surface area contributed by atoms with Gasteiger partial charge in [-0.05, 0) is 31.9 Å². The molecule has 110 valence electrons. The number of nitrogens with zero attached hydrogens (tertiary/aromatic N) is 1. The summed E-state index contributed by atoms with van der Waals surface area (Å²) in [5.74, 6) is -0.0335. The lowest BCUT2D eigenvalue weighted by Crippen LogP contribution is -2.62. The summed E-state index contributed by atoms with van der Waals surface area (Å²) in [5, 5.41) is 2.80. The molecule has 2 amide bonds. The van der Waals surface area contributed by atoms with Crippen molar-refractivity contribution in [2.45, 2.75) is 45.2 Å². The average Bonchev–Trinajstić information content (AvgIpc) is 2.82. The maximum atomic E-state index is 12.4. The number of piperazine rings is 1. The molecule has 2 heterocycles. The van der Waals surface area contributed by atoms with Gasteiger partial charge in [-0.2, -0.15) is 0 Å². The molecule has 1 aromatic heterocycles. The molecule has 6 heteroatoms. The Morgan fingerprint density at radius 2 is 2.15 bits per heavy atom. The molecule has 1 aliphatic rings. The Kier molecular flexibility index (Phi) is 5.05. The van der Waals surface area contributed by atoms with Gasteiger partial charge in [0.2, 0.25) is 11.8 Å². The zero-order chi connectivity index (χ0) is 14.7. The molecule has 0 spiro atoms. The van der Waals surface area contributed by atoms with Crippen LogP contribution in [0.4, 0.5) is 0 Å². The summed E-state index contributed by atoms with van der Waals surface area (Å²) in [6, 6.07) is 3.06. The molecule has 0 aromatic carbocycles. The van der Waals surface area contributed by atoms with E-state index in [-0.39, 0.29) is 17.9 Å². The fraction of sp³-hybridized carbons (Fsp3) is 0.571. The van der Waals surface area contributed by atoms with Gasteiger partial charge in [0, 0.05) is 11.4 Å². The minimum absolute atomic E-state index is 0.0293. The Morgan fingerprint density at radius 3 is 2.75 bits per heavy atom. The zero-order valence-electron chi connectivity index (χ0n) is 11.7. The number of halogens is 1. The predicted octanol–water partition coefficient (Wildman–Crippen LogP) is 2.46. The first-order valence-electron chi connectivity index (χ1n) is 6.88. The second-order valence-electron chi connectivity index (χ2n) is 5.01. The predicted molar refractivity (Wildman–Crippen MR) is 81.0 cm³/mol. The van der Waals surface area contributed by atoms with Crippen LogP contribution in [0.25, 0.3) is 0 Å². The third kappa shape index (κ3) is 3.33. The first-order valence-corrected chi connectivity index (χ1v) is 8.07. The van der Waals surface area contributed by atoms with Gasteiger partial charge in [0.25, 0.3) is 0 Å². The third-order valence-electron chi connectivity index (χ3n) is 3.55. The van der Waals surface area contributed by atoms with E-state index in [0.29, 0.717) is 13.0 Å². The van der Waals surface area contributed by atoms with Crippen LogP contribution in [0.3, 0.4) is 0 Å². The molecule has 0 aliphatic carbocycles. The van der Waals surface area contributed by atoms with Crippen LogP contribution in [-0.2, 0) is 16.0 Å². The second-order valence-corrected chi connectivity index (χ2v) is 6.81. The van der Waals surface area contributed by atoms with Crippen LogP contribution in [0.15, 0.2) is 12.1 Å². The van der Waals surface area contributed by atoms with Gasteiger partial charge in [-0.15, -0.1) is 11.3 Å². The van der Waals surface area contributed by atoms with Gasteiger partial charge in [-0.25, -0.2) is 0 Å². The number of hydrogen-bond acceptors (Lipinski definition) is 3. The number of hydrogen-bond donors (Lipinski definition) is 1. The largest absolute Gasteiger partial charge is 0.343 e. The minimum Gasteiger partial charge on any atom is -0.343 e. The maximum Gasteiger partial charge on any atom is 0.245 e. The third-order valence-corrected chi connectivity index (χ3v) is 4.84. The highest BCUT2D eigenvalue weighted by molar-refractivity contribution is 7.16. The molecule has 20 heavy (non-hydrogen) atoms. The average molecular weight is 315 g/mol. The zero-order valence-corrected chi connectivity index (χ0v) is 13.3. The van der Waals surface area contributed by atoms with Crippen molar-refractivity contribution >= 4 is 34.8 Å². The Balaban J connectivity index is 2.03. The SMILES string of the molecule is CCCC1NC(=O)C(C)N(CCc2ccc(Cl)s2)C1=O. The molecule has 1 aromatic rings. The van der Waals surface area contributed by atoms with Crippen LogP contribution >= 0.6 is 22.9 Å². The van der Waals surface area contributed by atoms with Crippen LogP contribution < -0.4 is 5.32 Å². The highest BCUT2D eigenvalue weighted by Crippen LogP contribution is 2.22. The monoisotopic (exact) mass is 314 g/mol. The topological polar surface area (TPSA) is 49.4 Å². The summed E-state index contributed by atoms with van der Waals surface area (Å²) in [6.45, 7) is 4.34. The van der Waals surface area contributed by atoms with Crippen LogP contribution in [0.1, 0.15) is 31.6 Å². The van der Waals surface area contributed by atoms with E-state index in [4.69, 9.17) is 11.6 Å². The van der Waals surface area contributed by atoms with E-state index >= 15 is 0 Å². The van der Waals surface area contributed by atoms with Gasteiger partial charge in [0.05, 0.1) is 4.34 Å². The van der Waals surface area contributed by atoms with E-state index < -0.39 is 6.04 Å². The van der Waals surface area contributed by atoms with Crippen molar-refractivity contribution in [3.63, 3.8) is 0 Å². The number of carbonyl (C=O) groups excluding carboxylic acids is 2. The van der Waals surface area contributed by atoms with Gasteiger partial charge in [0.1, 0.15) is 12.1 Å². The van der Waals surface area contributed by atoms with Crippen molar-refractivity contribution in [3.05, 3.63) is 21.3 Å². The van der Waals surface area contributed by atoms with E-state index in [1.165, 1.54) is 11.3 Å². The summed E-state index contributed by atoms with van der Waals surface area (Å²) >= 11 is 7.42. The summed E-state index contributed by atoms with van der Waals surface area (Å²) in [7, 11) is 0. The van der Waals surface area contributed by atoms with Crippen LogP contribution in [-0.4, -0.2) is 35.3 Å². The summed E-state index contributed by atoms with van der Waals surface area (Å²) in [4.78, 5) is 27.1. The van der Waals surface area contributed by atoms with Crippen molar-refractivity contribution in [2.24, 2.45) is 0 Å². The molecule has 4 nitrogen and oxygen atoms in total. The number of carbonyl (C=O) groups is 2. The van der Waals surface area contributed by atoms with E-state index in [0.717, 1.165) is 22.1 Å². The second kappa shape index (κ2) is 6.59. The molecule has 1 N–H and O–H groups in total. The Morgan fingerprint density at radius 1 is 1.40 bits per heavy atom. The highest BCUT2D eigenvalue weighted by atomic mass is 35.5. The number of rotatable bonds is 5. The van der Waals surface area contributed by atoms with Crippen molar-refractivity contribution < 1.29 is 9.59 Å². The quantitative estimate of drug-likeness (QED) is 0.907.